The van der Waals surface area contributed by atoms with Gasteiger partial charge in [0.25, 0.3) is 6.47 Å². The molecule has 0 bridgehead atoms. The molecule has 4 aromatic carbocycles. The second kappa shape index (κ2) is 12.1. The topological polar surface area (TPSA) is 88.9 Å². The average Bonchev–Trinajstić information content (AvgIpc) is 3.34. The van der Waals surface area contributed by atoms with Gasteiger partial charge in [-0.05, 0) is 72.9 Å². The second-order valence-corrected chi connectivity index (χ2v) is 11.0. The van der Waals surface area contributed by atoms with Gasteiger partial charge < -0.3 is 19.1 Å². The number of nitrogens with zero attached hydrogens (tertiary/aromatic N) is 2. The van der Waals surface area contributed by atoms with E-state index in [0.29, 0.717) is 30.2 Å². The van der Waals surface area contributed by atoms with Crippen molar-refractivity contribution in [3.63, 3.8) is 0 Å². The number of aryl methyl sites for hydroxylation is 1. The van der Waals surface area contributed by atoms with Crippen LogP contribution in [-0.2, 0) is 26.3 Å². The van der Waals surface area contributed by atoms with E-state index in [9.17, 15) is 14.9 Å². The van der Waals surface area contributed by atoms with Crippen molar-refractivity contribution < 1.29 is 23.8 Å². The molecule has 0 radical (unpaired) electrons. The Bertz CT molecular complexity index is 1810. The number of hydrogen-bond donors (Lipinski definition) is 0. The van der Waals surface area contributed by atoms with Crippen LogP contribution in [-0.4, -0.2) is 25.5 Å². The van der Waals surface area contributed by atoms with Crippen LogP contribution in [0.4, 0.5) is 5.69 Å². The minimum Gasteiger partial charge on any atom is -0.456 e. The molecular formula is C37H32N2O5. The molecule has 0 aromatic heterocycles. The molecule has 2 aliphatic rings. The molecule has 0 N–H and O–H groups in total. The first-order valence-electron chi connectivity index (χ1n) is 14.8. The fourth-order valence-electron chi connectivity index (χ4n) is 6.10. The van der Waals surface area contributed by atoms with Gasteiger partial charge >= 0.3 is 5.97 Å². The Balaban J connectivity index is 1.48. The van der Waals surface area contributed by atoms with E-state index in [0.717, 1.165) is 52.8 Å². The monoisotopic (exact) mass is 584 g/mol. The molecule has 7 nitrogen and oxygen atoms in total. The Morgan fingerprint density at radius 1 is 0.977 bits per heavy atom. The minimum absolute atomic E-state index is 0.0557. The van der Waals surface area contributed by atoms with Gasteiger partial charge in [-0.15, -0.1) is 0 Å². The maximum Gasteiger partial charge on any atom is 0.340 e. The summed E-state index contributed by atoms with van der Waals surface area (Å²) < 4.78 is 17.8. The zero-order valence-corrected chi connectivity index (χ0v) is 24.7. The third kappa shape index (κ3) is 5.09. The first kappa shape index (κ1) is 28.8. The standard InChI is InChI=1S/C37H32N2O5/c1-3-4-17-39(18-16-29(23-38)42-24-40)28-14-15-32-35(22-28)43-34-19-25(2)27(20-26-10-6-5-7-11-26)21-33(34)37(32)31-13-9-8-12-30(31)36(41)44-37/h5-16,19,21-22,24H,3-4,17-18,20H2,1-2H3/b29-16+. The lowest BCUT2D eigenvalue weighted by Crippen LogP contribution is -2.33. The van der Waals surface area contributed by atoms with Crippen molar-refractivity contribution in [2.75, 3.05) is 18.0 Å². The minimum atomic E-state index is -1.17. The summed E-state index contributed by atoms with van der Waals surface area (Å²) >= 11 is 0. The van der Waals surface area contributed by atoms with Gasteiger partial charge in [0, 0.05) is 41.5 Å². The van der Waals surface area contributed by atoms with Crippen molar-refractivity contribution in [3.8, 4) is 17.6 Å². The zero-order valence-electron chi connectivity index (χ0n) is 24.7. The van der Waals surface area contributed by atoms with Gasteiger partial charge in [-0.3, -0.25) is 4.79 Å². The summed E-state index contributed by atoms with van der Waals surface area (Å²) in [6.07, 6.45) is 4.22. The first-order chi connectivity index (χ1) is 21.5. The highest BCUT2D eigenvalue weighted by Gasteiger charge is 2.53. The van der Waals surface area contributed by atoms with Crippen LogP contribution >= 0.6 is 0 Å². The molecule has 0 saturated heterocycles. The second-order valence-electron chi connectivity index (χ2n) is 11.0. The summed E-state index contributed by atoms with van der Waals surface area (Å²) in [5.74, 6) is 0.798. The van der Waals surface area contributed by atoms with E-state index >= 15 is 0 Å². The lowest BCUT2D eigenvalue weighted by molar-refractivity contribution is -0.124. The number of unbranched alkanes of at least 4 members (excludes halogenated alkanes) is 1. The maximum atomic E-state index is 13.4. The number of ether oxygens (including phenoxy) is 3. The summed E-state index contributed by atoms with van der Waals surface area (Å²) in [5, 5.41) is 9.33. The summed E-state index contributed by atoms with van der Waals surface area (Å²) in [6, 6.07) is 29.8. The van der Waals surface area contributed by atoms with Crippen LogP contribution < -0.4 is 9.64 Å². The van der Waals surface area contributed by atoms with Crippen molar-refractivity contribution in [1.29, 1.82) is 5.26 Å². The fourth-order valence-corrected chi connectivity index (χ4v) is 6.10. The quantitative estimate of drug-likeness (QED) is 0.0834. The van der Waals surface area contributed by atoms with E-state index in [2.05, 4.69) is 36.9 Å². The highest BCUT2D eigenvalue weighted by molar-refractivity contribution is 5.97. The van der Waals surface area contributed by atoms with Crippen LogP contribution in [0.1, 0.15) is 63.5 Å². The molecule has 1 unspecified atom stereocenters. The number of anilines is 1. The average molecular weight is 585 g/mol. The Morgan fingerprint density at radius 2 is 1.75 bits per heavy atom. The van der Waals surface area contributed by atoms with Gasteiger partial charge in [0.15, 0.2) is 5.60 Å². The van der Waals surface area contributed by atoms with Gasteiger partial charge in [-0.2, -0.15) is 5.26 Å². The van der Waals surface area contributed by atoms with Crippen molar-refractivity contribution in [3.05, 3.63) is 136 Å². The van der Waals surface area contributed by atoms with Gasteiger partial charge in [-0.25, -0.2) is 4.79 Å². The van der Waals surface area contributed by atoms with Crippen LogP contribution in [0.5, 0.6) is 11.5 Å². The molecule has 220 valence electrons. The van der Waals surface area contributed by atoms with Crippen LogP contribution in [0.25, 0.3) is 0 Å². The highest BCUT2D eigenvalue weighted by Crippen LogP contribution is 2.57. The molecule has 1 atom stereocenters. The largest absolute Gasteiger partial charge is 0.456 e. The van der Waals surface area contributed by atoms with Crippen molar-refractivity contribution in [2.24, 2.45) is 0 Å². The van der Waals surface area contributed by atoms with Gasteiger partial charge in [-0.1, -0.05) is 61.9 Å². The molecule has 0 amide bonds. The number of hydrogen-bond acceptors (Lipinski definition) is 7. The predicted octanol–water partition coefficient (Wildman–Crippen LogP) is 7.34. The number of fused-ring (bicyclic) bond motifs is 6. The first-order valence-corrected chi connectivity index (χ1v) is 14.8. The van der Waals surface area contributed by atoms with Crippen molar-refractivity contribution in [1.82, 2.24) is 0 Å². The molecule has 2 aliphatic heterocycles. The number of carbonyl (C=O) groups excluding carboxylic acids is 2. The van der Waals surface area contributed by atoms with Gasteiger partial charge in [0.05, 0.1) is 5.56 Å². The van der Waals surface area contributed by atoms with Crippen LogP contribution in [0, 0.1) is 18.3 Å². The lowest BCUT2D eigenvalue weighted by atomic mass is 9.76. The fraction of sp³-hybridized carbons (Fsp3) is 0.216. The third-order valence-corrected chi connectivity index (χ3v) is 8.32. The van der Waals surface area contributed by atoms with Crippen molar-refractivity contribution in [2.45, 2.75) is 38.7 Å². The van der Waals surface area contributed by atoms with E-state index in [4.69, 9.17) is 14.2 Å². The van der Waals surface area contributed by atoms with E-state index in [1.54, 1.807) is 6.08 Å². The van der Waals surface area contributed by atoms with E-state index in [-0.39, 0.29) is 18.2 Å². The van der Waals surface area contributed by atoms with Crippen LogP contribution in [0.15, 0.2) is 96.8 Å². The van der Waals surface area contributed by atoms with E-state index < -0.39 is 5.60 Å². The SMILES string of the molecule is CCCCN(C/C=C(\C#N)OC=O)c1ccc2c(c1)Oc1cc(C)c(Cc3ccccc3)cc1C21OC(=O)c2ccccc21. The molecule has 7 heteroatoms. The molecule has 44 heavy (non-hydrogen) atoms. The molecular weight excluding hydrogens is 552 g/mol. The molecule has 4 aromatic rings. The van der Waals surface area contributed by atoms with Crippen LogP contribution in [0.2, 0.25) is 0 Å². The number of esters is 1. The maximum absolute atomic E-state index is 13.4. The number of carbonyl (C=O) groups is 2. The number of nitriles is 1. The normalized spacial score (nSPS) is 16.2. The smallest absolute Gasteiger partial charge is 0.340 e. The molecule has 2 heterocycles. The summed E-state index contributed by atoms with van der Waals surface area (Å²) in [4.78, 5) is 26.3. The summed E-state index contributed by atoms with van der Waals surface area (Å²) in [7, 11) is 0. The lowest BCUT2D eigenvalue weighted by Gasteiger charge is -2.38. The predicted molar refractivity (Wildman–Crippen MR) is 167 cm³/mol. The summed E-state index contributed by atoms with van der Waals surface area (Å²) in [6.45, 7) is 5.51. The molecule has 1 spiro atoms. The number of allylic oxidation sites excluding steroid dienone is 1. The molecule has 6 rings (SSSR count). The van der Waals surface area contributed by atoms with Crippen LogP contribution in [0.3, 0.4) is 0 Å². The van der Waals surface area contributed by atoms with Gasteiger partial charge in [0.1, 0.15) is 17.6 Å². The highest BCUT2D eigenvalue weighted by atomic mass is 16.6. The zero-order chi connectivity index (χ0) is 30.7. The van der Waals surface area contributed by atoms with E-state index in [1.165, 1.54) is 5.56 Å². The molecule has 0 aliphatic carbocycles. The van der Waals surface area contributed by atoms with E-state index in [1.807, 2.05) is 72.8 Å². The van der Waals surface area contributed by atoms with Gasteiger partial charge in [0.2, 0.25) is 5.76 Å². The Morgan fingerprint density at radius 3 is 2.52 bits per heavy atom. The Kier molecular flexibility index (Phi) is 7.91. The number of rotatable bonds is 10. The Labute approximate surface area is 256 Å². The van der Waals surface area contributed by atoms with Crippen molar-refractivity contribution >= 4 is 18.1 Å². The summed E-state index contributed by atoms with van der Waals surface area (Å²) in [5.41, 5.74) is 5.95. The molecule has 0 fully saturated rings. The number of benzene rings is 4. The Hall–Kier alpha value is -5.35. The third-order valence-electron chi connectivity index (χ3n) is 8.32. The molecule has 0 saturated carbocycles.